The van der Waals surface area contributed by atoms with Gasteiger partial charge in [-0.05, 0) is 36.8 Å². The summed E-state index contributed by atoms with van der Waals surface area (Å²) in [6.45, 7) is 1.29. The fourth-order valence-electron chi connectivity index (χ4n) is 3.69. The van der Waals surface area contributed by atoms with Crippen LogP contribution in [0.2, 0.25) is 0 Å². The molecule has 1 aromatic heterocycles. The maximum atomic E-state index is 13.2. The van der Waals surface area contributed by atoms with Gasteiger partial charge in [0.25, 0.3) is 11.8 Å². The minimum absolute atomic E-state index is 0.105. The first-order valence-corrected chi connectivity index (χ1v) is 12.4. The van der Waals surface area contributed by atoms with E-state index >= 15 is 0 Å². The minimum Gasteiger partial charge on any atom is -0.497 e. The van der Waals surface area contributed by atoms with Crippen molar-refractivity contribution in [3.63, 3.8) is 0 Å². The molecule has 2 aromatic carbocycles. The summed E-state index contributed by atoms with van der Waals surface area (Å²) >= 11 is 0. The predicted octanol–water partition coefficient (Wildman–Crippen LogP) is 1.93. The second-order valence-corrected chi connectivity index (χ2v) is 8.85. The number of hydrogen-bond acceptors (Lipinski definition) is 7. The van der Waals surface area contributed by atoms with Crippen molar-refractivity contribution in [3.05, 3.63) is 90.3 Å². The molecule has 204 valence electrons. The number of nitrogens with zero attached hydrogens (tertiary/aromatic N) is 2. The summed E-state index contributed by atoms with van der Waals surface area (Å²) < 4.78 is 10.6. The molecule has 3 amide bonds. The number of ether oxygens (including phenoxy) is 2. The summed E-state index contributed by atoms with van der Waals surface area (Å²) in [6.07, 6.45) is 1.71. The number of aromatic nitrogens is 1. The van der Waals surface area contributed by atoms with Crippen LogP contribution in [0.15, 0.2) is 79.0 Å². The topological polar surface area (TPSA) is 127 Å². The molecule has 0 aliphatic rings. The summed E-state index contributed by atoms with van der Waals surface area (Å²) in [5, 5.41) is 5.18. The third-order valence-electron chi connectivity index (χ3n) is 5.78. The van der Waals surface area contributed by atoms with Gasteiger partial charge in [-0.1, -0.05) is 42.5 Å². The third-order valence-corrected chi connectivity index (χ3v) is 5.78. The molecule has 2 N–H and O–H groups in total. The highest BCUT2D eigenvalue weighted by Gasteiger charge is 2.31. The van der Waals surface area contributed by atoms with Crippen molar-refractivity contribution in [1.82, 2.24) is 20.5 Å². The number of hydrogen-bond donors (Lipinski definition) is 2. The van der Waals surface area contributed by atoms with Gasteiger partial charge in [0, 0.05) is 25.7 Å². The number of amides is 3. The molecule has 0 spiro atoms. The van der Waals surface area contributed by atoms with Crippen molar-refractivity contribution < 1.29 is 28.7 Å². The molecule has 0 radical (unpaired) electrons. The number of methoxy groups -OCH3 is 1. The quantitative estimate of drug-likeness (QED) is 0.322. The normalized spacial score (nSPS) is 12.0. The van der Waals surface area contributed by atoms with Crippen molar-refractivity contribution in [2.24, 2.45) is 0 Å². The molecule has 39 heavy (non-hydrogen) atoms. The second-order valence-electron chi connectivity index (χ2n) is 8.85. The zero-order valence-electron chi connectivity index (χ0n) is 22.1. The summed E-state index contributed by atoms with van der Waals surface area (Å²) in [4.78, 5) is 57.0. The maximum Gasteiger partial charge on any atom is 0.292 e. The Morgan fingerprint density at radius 1 is 0.923 bits per heavy atom. The second kappa shape index (κ2) is 14.3. The van der Waals surface area contributed by atoms with E-state index in [1.54, 1.807) is 72.9 Å². The summed E-state index contributed by atoms with van der Waals surface area (Å²) in [6, 6.07) is 19.0. The number of rotatable bonds is 13. The van der Waals surface area contributed by atoms with Gasteiger partial charge in [0.2, 0.25) is 11.7 Å². The van der Waals surface area contributed by atoms with Crippen LogP contribution in [0.5, 0.6) is 11.5 Å². The monoisotopic (exact) mass is 532 g/mol. The molecular formula is C29H32N4O6. The highest BCUT2D eigenvalue weighted by molar-refractivity contribution is 6.38. The van der Waals surface area contributed by atoms with E-state index in [1.165, 1.54) is 26.0 Å². The summed E-state index contributed by atoms with van der Waals surface area (Å²) in [5.41, 5.74) is 1.39. The Morgan fingerprint density at radius 3 is 2.33 bits per heavy atom. The lowest BCUT2D eigenvalue weighted by molar-refractivity contribution is -0.146. The van der Waals surface area contributed by atoms with Gasteiger partial charge in [-0.25, -0.2) is 0 Å². The van der Waals surface area contributed by atoms with Gasteiger partial charge in [-0.3, -0.25) is 24.2 Å². The molecular weight excluding hydrogens is 500 g/mol. The fraction of sp³-hybridized carbons (Fsp3) is 0.276. The number of benzene rings is 2. The van der Waals surface area contributed by atoms with Gasteiger partial charge in [-0.15, -0.1) is 0 Å². The van der Waals surface area contributed by atoms with E-state index in [0.29, 0.717) is 17.2 Å². The van der Waals surface area contributed by atoms with Gasteiger partial charge in [0.1, 0.15) is 23.6 Å². The van der Waals surface area contributed by atoms with Crippen molar-refractivity contribution in [3.8, 4) is 11.5 Å². The van der Waals surface area contributed by atoms with Crippen LogP contribution in [0.3, 0.4) is 0 Å². The number of Topliss-reactive ketones (excluding diaryl/α,β-unsaturated/α-hetero) is 1. The van der Waals surface area contributed by atoms with Gasteiger partial charge in [0.05, 0.1) is 19.3 Å². The average molecular weight is 533 g/mol. The highest BCUT2D eigenvalue weighted by Crippen LogP contribution is 2.18. The number of likely N-dealkylation sites (N-methyl/N-ethyl adjacent to an activating group) is 1. The minimum atomic E-state index is -1.13. The third kappa shape index (κ3) is 8.96. The Balaban J connectivity index is 1.62. The largest absolute Gasteiger partial charge is 0.497 e. The fourth-order valence-corrected chi connectivity index (χ4v) is 3.69. The zero-order chi connectivity index (χ0) is 28.2. The molecule has 0 fully saturated rings. The van der Waals surface area contributed by atoms with Gasteiger partial charge >= 0.3 is 0 Å². The Kier molecular flexibility index (Phi) is 10.6. The SMILES string of the molecule is COc1cccc(OCC(=O)N[C@H](C)C(=O)N[C@H](Cc2ccccc2)C(=O)C(=O)N(C)Cc2ccccn2)c1. The van der Waals surface area contributed by atoms with E-state index in [-0.39, 0.29) is 19.6 Å². The molecule has 1 heterocycles. The molecule has 2 atom stereocenters. The van der Waals surface area contributed by atoms with E-state index in [0.717, 1.165) is 5.56 Å². The highest BCUT2D eigenvalue weighted by atomic mass is 16.5. The molecule has 10 heteroatoms. The average Bonchev–Trinajstić information content (AvgIpc) is 2.96. The first-order valence-electron chi connectivity index (χ1n) is 12.4. The van der Waals surface area contributed by atoms with Crippen LogP contribution >= 0.6 is 0 Å². The number of carbonyl (C=O) groups is 4. The van der Waals surface area contributed by atoms with E-state index in [4.69, 9.17) is 9.47 Å². The van der Waals surface area contributed by atoms with Crippen LogP contribution in [-0.4, -0.2) is 66.2 Å². The first kappa shape index (κ1) is 28.8. The van der Waals surface area contributed by atoms with Crippen molar-refractivity contribution in [2.45, 2.75) is 32.0 Å². The molecule has 0 aliphatic heterocycles. The number of ketones is 1. The van der Waals surface area contributed by atoms with Crippen LogP contribution in [0.1, 0.15) is 18.2 Å². The molecule has 0 saturated heterocycles. The van der Waals surface area contributed by atoms with Crippen LogP contribution in [-0.2, 0) is 32.1 Å². The molecule has 0 saturated carbocycles. The Hall–Kier alpha value is -4.73. The van der Waals surface area contributed by atoms with Crippen molar-refractivity contribution in [2.75, 3.05) is 20.8 Å². The van der Waals surface area contributed by atoms with E-state index in [2.05, 4.69) is 15.6 Å². The van der Waals surface area contributed by atoms with E-state index < -0.39 is 35.6 Å². The van der Waals surface area contributed by atoms with Crippen LogP contribution < -0.4 is 20.1 Å². The van der Waals surface area contributed by atoms with Crippen LogP contribution in [0.4, 0.5) is 0 Å². The lowest BCUT2D eigenvalue weighted by Crippen LogP contribution is -2.54. The molecule has 0 unspecified atom stereocenters. The molecule has 3 aromatic rings. The lowest BCUT2D eigenvalue weighted by atomic mass is 10.0. The van der Waals surface area contributed by atoms with Crippen LogP contribution in [0, 0.1) is 0 Å². The van der Waals surface area contributed by atoms with E-state index in [9.17, 15) is 19.2 Å². The lowest BCUT2D eigenvalue weighted by Gasteiger charge is -2.23. The van der Waals surface area contributed by atoms with Gasteiger partial charge in [0.15, 0.2) is 6.61 Å². The van der Waals surface area contributed by atoms with Gasteiger partial charge < -0.3 is 25.0 Å². The van der Waals surface area contributed by atoms with Gasteiger partial charge in [-0.2, -0.15) is 0 Å². The first-order chi connectivity index (χ1) is 18.8. The number of carbonyl (C=O) groups excluding carboxylic acids is 4. The molecule has 0 aliphatic carbocycles. The maximum absolute atomic E-state index is 13.2. The summed E-state index contributed by atoms with van der Waals surface area (Å²) in [7, 11) is 3.02. The zero-order valence-corrected chi connectivity index (χ0v) is 22.1. The summed E-state index contributed by atoms with van der Waals surface area (Å²) in [5.74, 6) is -1.66. The smallest absolute Gasteiger partial charge is 0.292 e. The molecule has 0 bridgehead atoms. The number of pyridine rings is 1. The standard InChI is InChI=1S/C29H32N4O6/c1-20(31-26(34)19-39-24-14-9-13-23(17-24)38-3)28(36)32-25(16-21-10-5-4-6-11-21)27(35)29(37)33(2)18-22-12-7-8-15-30-22/h4-15,17,20,25H,16,18-19H2,1-3H3,(H,31,34)(H,32,36)/t20-,25-/m1/s1. The molecule has 10 nitrogen and oxygen atoms in total. The van der Waals surface area contributed by atoms with Crippen molar-refractivity contribution >= 4 is 23.5 Å². The Labute approximate surface area is 227 Å². The Bertz CT molecular complexity index is 1270. The van der Waals surface area contributed by atoms with Crippen molar-refractivity contribution in [1.29, 1.82) is 0 Å². The number of nitrogens with one attached hydrogen (secondary N) is 2. The predicted molar refractivity (Wildman–Crippen MR) is 144 cm³/mol. The Morgan fingerprint density at radius 2 is 1.64 bits per heavy atom. The van der Waals surface area contributed by atoms with Crippen LogP contribution in [0.25, 0.3) is 0 Å². The molecule has 3 rings (SSSR count). The van der Waals surface area contributed by atoms with E-state index in [1.807, 2.05) is 6.07 Å².